The summed E-state index contributed by atoms with van der Waals surface area (Å²) in [6.45, 7) is 0.690. The van der Waals surface area contributed by atoms with Gasteiger partial charge in [0.2, 0.25) is 0 Å². The SMILES string of the molecule is O=C1c2ccccc2NCc2cccn21. The highest BCUT2D eigenvalue weighted by Crippen LogP contribution is 2.21. The second-order valence-electron chi connectivity index (χ2n) is 3.57. The third-order valence-electron chi connectivity index (χ3n) is 2.67. The van der Waals surface area contributed by atoms with Crippen LogP contribution in [0.4, 0.5) is 5.69 Å². The molecule has 2 heterocycles. The number of nitrogens with one attached hydrogen (secondary N) is 1. The van der Waals surface area contributed by atoms with Gasteiger partial charge in [-0.2, -0.15) is 0 Å². The van der Waals surface area contributed by atoms with Crippen LogP contribution in [0, 0.1) is 0 Å². The predicted octanol–water partition coefficient (Wildman–Crippen LogP) is 2.10. The summed E-state index contributed by atoms with van der Waals surface area (Å²) in [5, 5.41) is 3.26. The monoisotopic (exact) mass is 198 g/mol. The van der Waals surface area contributed by atoms with Crippen LogP contribution in [0.2, 0.25) is 0 Å². The van der Waals surface area contributed by atoms with E-state index in [1.165, 1.54) is 0 Å². The van der Waals surface area contributed by atoms with Crippen molar-refractivity contribution in [2.24, 2.45) is 0 Å². The summed E-state index contributed by atoms with van der Waals surface area (Å²) in [4.78, 5) is 12.1. The molecule has 3 rings (SSSR count). The molecule has 0 atom stereocenters. The molecule has 74 valence electrons. The van der Waals surface area contributed by atoms with Crippen molar-refractivity contribution >= 4 is 11.6 Å². The van der Waals surface area contributed by atoms with E-state index in [-0.39, 0.29) is 5.91 Å². The molecule has 0 spiro atoms. The molecule has 0 saturated carbocycles. The van der Waals surface area contributed by atoms with Crippen LogP contribution >= 0.6 is 0 Å². The Morgan fingerprint density at radius 1 is 1.13 bits per heavy atom. The van der Waals surface area contributed by atoms with Crippen molar-refractivity contribution in [2.75, 3.05) is 5.32 Å². The van der Waals surface area contributed by atoms with Crippen LogP contribution in [0.15, 0.2) is 42.6 Å². The number of rotatable bonds is 0. The minimum atomic E-state index is 0.0376. The summed E-state index contributed by atoms with van der Waals surface area (Å²) in [6, 6.07) is 11.4. The Bertz CT molecular complexity index is 528. The standard InChI is InChI=1S/C12H10N2O/c15-12-10-5-1-2-6-11(10)13-8-9-4-3-7-14(9)12/h1-7,13H,8H2. The summed E-state index contributed by atoms with van der Waals surface area (Å²) in [7, 11) is 0. The van der Waals surface area contributed by atoms with Crippen LogP contribution in [-0.2, 0) is 6.54 Å². The number of aromatic nitrogens is 1. The Morgan fingerprint density at radius 3 is 2.93 bits per heavy atom. The lowest BCUT2D eigenvalue weighted by atomic mass is 10.1. The molecule has 15 heavy (non-hydrogen) atoms. The summed E-state index contributed by atoms with van der Waals surface area (Å²) < 4.78 is 1.69. The molecule has 1 aliphatic rings. The van der Waals surface area contributed by atoms with E-state index in [1.54, 1.807) is 10.8 Å². The molecular weight excluding hydrogens is 188 g/mol. The first-order valence-corrected chi connectivity index (χ1v) is 4.90. The molecule has 0 unspecified atom stereocenters. The van der Waals surface area contributed by atoms with E-state index in [0.29, 0.717) is 6.54 Å². The zero-order chi connectivity index (χ0) is 10.3. The van der Waals surface area contributed by atoms with Gasteiger partial charge < -0.3 is 5.32 Å². The number of anilines is 1. The van der Waals surface area contributed by atoms with Crippen LogP contribution in [0.25, 0.3) is 0 Å². The second kappa shape index (κ2) is 2.98. The first-order valence-electron chi connectivity index (χ1n) is 4.90. The van der Waals surface area contributed by atoms with Crippen molar-refractivity contribution in [3.63, 3.8) is 0 Å². The van der Waals surface area contributed by atoms with E-state index in [0.717, 1.165) is 16.9 Å². The Kier molecular flexibility index (Phi) is 1.65. The van der Waals surface area contributed by atoms with E-state index in [1.807, 2.05) is 36.4 Å². The summed E-state index contributed by atoms with van der Waals surface area (Å²) >= 11 is 0. The lowest BCUT2D eigenvalue weighted by Crippen LogP contribution is -2.11. The van der Waals surface area contributed by atoms with Gasteiger partial charge in [0.05, 0.1) is 12.1 Å². The van der Waals surface area contributed by atoms with Gasteiger partial charge in [0.25, 0.3) is 5.91 Å². The fraction of sp³-hybridized carbons (Fsp3) is 0.0833. The minimum Gasteiger partial charge on any atom is -0.379 e. The average molecular weight is 198 g/mol. The molecule has 1 aromatic heterocycles. The molecule has 0 bridgehead atoms. The maximum atomic E-state index is 12.1. The average Bonchev–Trinajstić information content (AvgIpc) is 2.69. The number of fused-ring (bicyclic) bond motifs is 2. The number of benzene rings is 1. The van der Waals surface area contributed by atoms with E-state index >= 15 is 0 Å². The molecule has 3 nitrogen and oxygen atoms in total. The third-order valence-corrected chi connectivity index (χ3v) is 2.67. The van der Waals surface area contributed by atoms with Gasteiger partial charge in [-0.3, -0.25) is 9.36 Å². The van der Waals surface area contributed by atoms with Crippen molar-refractivity contribution in [1.82, 2.24) is 4.57 Å². The Labute approximate surface area is 87.3 Å². The minimum absolute atomic E-state index is 0.0376. The van der Waals surface area contributed by atoms with Gasteiger partial charge in [-0.25, -0.2) is 0 Å². The smallest absolute Gasteiger partial charge is 0.264 e. The fourth-order valence-corrected chi connectivity index (χ4v) is 1.90. The molecule has 1 N–H and O–H groups in total. The molecule has 0 saturated heterocycles. The Morgan fingerprint density at radius 2 is 2.00 bits per heavy atom. The van der Waals surface area contributed by atoms with Gasteiger partial charge in [-0.15, -0.1) is 0 Å². The predicted molar refractivity (Wildman–Crippen MR) is 57.9 cm³/mol. The van der Waals surface area contributed by atoms with Gasteiger partial charge in [0.15, 0.2) is 0 Å². The number of carbonyl (C=O) groups excluding carboxylic acids is 1. The Hall–Kier alpha value is -2.03. The third kappa shape index (κ3) is 1.16. The Balaban J connectivity index is 2.22. The normalized spacial score (nSPS) is 13.7. The fourth-order valence-electron chi connectivity index (χ4n) is 1.90. The maximum Gasteiger partial charge on any atom is 0.264 e. The summed E-state index contributed by atoms with van der Waals surface area (Å²) in [5.41, 5.74) is 2.63. The molecule has 0 amide bonds. The summed E-state index contributed by atoms with van der Waals surface area (Å²) in [6.07, 6.45) is 1.81. The number of nitrogens with zero attached hydrogens (tertiary/aromatic N) is 1. The number of para-hydroxylation sites is 1. The molecule has 3 heteroatoms. The zero-order valence-corrected chi connectivity index (χ0v) is 8.10. The number of hydrogen-bond acceptors (Lipinski definition) is 2. The topological polar surface area (TPSA) is 34.0 Å². The van der Waals surface area contributed by atoms with Gasteiger partial charge in [-0.05, 0) is 24.3 Å². The van der Waals surface area contributed by atoms with Crippen molar-refractivity contribution in [2.45, 2.75) is 6.54 Å². The van der Waals surface area contributed by atoms with Gasteiger partial charge in [0.1, 0.15) is 0 Å². The molecule has 1 aromatic carbocycles. The largest absolute Gasteiger partial charge is 0.379 e. The molecule has 1 aliphatic heterocycles. The van der Waals surface area contributed by atoms with Gasteiger partial charge >= 0.3 is 0 Å². The van der Waals surface area contributed by atoms with Crippen LogP contribution in [0.1, 0.15) is 16.1 Å². The zero-order valence-electron chi connectivity index (χ0n) is 8.10. The highest BCUT2D eigenvalue weighted by Gasteiger charge is 2.18. The molecule has 0 radical (unpaired) electrons. The molecule has 0 aliphatic carbocycles. The van der Waals surface area contributed by atoms with Crippen molar-refractivity contribution in [3.05, 3.63) is 53.9 Å². The lowest BCUT2D eigenvalue weighted by molar-refractivity contribution is 0.0960. The van der Waals surface area contributed by atoms with Crippen LogP contribution in [0.3, 0.4) is 0 Å². The van der Waals surface area contributed by atoms with Gasteiger partial charge in [-0.1, -0.05) is 12.1 Å². The first kappa shape index (κ1) is 8.29. The highest BCUT2D eigenvalue weighted by atomic mass is 16.2. The second-order valence-corrected chi connectivity index (χ2v) is 3.57. The van der Waals surface area contributed by atoms with Crippen molar-refractivity contribution in [3.8, 4) is 0 Å². The molecule has 0 fully saturated rings. The van der Waals surface area contributed by atoms with E-state index < -0.39 is 0 Å². The summed E-state index contributed by atoms with van der Waals surface area (Å²) in [5.74, 6) is 0.0376. The quantitative estimate of drug-likeness (QED) is 0.703. The molecular formula is C12H10N2O. The lowest BCUT2D eigenvalue weighted by Gasteiger charge is -2.04. The van der Waals surface area contributed by atoms with E-state index in [4.69, 9.17) is 0 Å². The number of carbonyl (C=O) groups is 1. The number of hydrogen-bond donors (Lipinski definition) is 1. The van der Waals surface area contributed by atoms with E-state index in [9.17, 15) is 4.79 Å². The van der Waals surface area contributed by atoms with Gasteiger partial charge in [0, 0.05) is 17.6 Å². The molecule has 2 aromatic rings. The first-order chi connectivity index (χ1) is 7.36. The maximum absolute atomic E-state index is 12.1. The van der Waals surface area contributed by atoms with Crippen molar-refractivity contribution < 1.29 is 4.79 Å². The van der Waals surface area contributed by atoms with Crippen molar-refractivity contribution in [1.29, 1.82) is 0 Å². The van der Waals surface area contributed by atoms with Crippen LogP contribution in [-0.4, -0.2) is 10.5 Å². The van der Waals surface area contributed by atoms with E-state index in [2.05, 4.69) is 5.32 Å². The van der Waals surface area contributed by atoms with Crippen LogP contribution < -0.4 is 5.32 Å². The highest BCUT2D eigenvalue weighted by molar-refractivity contribution is 6.02. The van der Waals surface area contributed by atoms with Crippen LogP contribution in [0.5, 0.6) is 0 Å².